The van der Waals surface area contributed by atoms with Crippen molar-refractivity contribution in [2.24, 2.45) is 11.8 Å². The molecule has 3 aliphatic heterocycles. The third-order valence-corrected chi connectivity index (χ3v) is 7.25. The summed E-state index contributed by atoms with van der Waals surface area (Å²) in [4.78, 5) is 41.3. The third kappa shape index (κ3) is 4.50. The Balaban J connectivity index is 1.91. The van der Waals surface area contributed by atoms with E-state index in [9.17, 15) is 14.4 Å². The molecule has 31 heavy (non-hydrogen) atoms. The Kier molecular flexibility index (Phi) is 7.38. The van der Waals surface area contributed by atoms with E-state index >= 15 is 0 Å². The summed E-state index contributed by atoms with van der Waals surface area (Å²) in [6, 6.07) is -0.786. The van der Waals surface area contributed by atoms with Crippen LogP contribution in [0.25, 0.3) is 0 Å². The summed E-state index contributed by atoms with van der Waals surface area (Å²) in [6.07, 6.45) is 3.16. The average molecular weight is 503 g/mol. The van der Waals surface area contributed by atoms with E-state index < -0.39 is 41.1 Å². The molecule has 0 radical (unpaired) electrons. The van der Waals surface area contributed by atoms with Crippen LogP contribution in [0.15, 0.2) is 0 Å². The summed E-state index contributed by atoms with van der Waals surface area (Å²) in [5.41, 5.74) is -1.50. The number of nitrogens with one attached hydrogen (secondary N) is 1. The van der Waals surface area contributed by atoms with Gasteiger partial charge in [-0.25, -0.2) is 0 Å². The minimum Gasteiger partial charge on any atom is -0.466 e. The second-order valence-electron chi connectivity index (χ2n) is 9.82. The van der Waals surface area contributed by atoms with Gasteiger partial charge in [-0.2, -0.15) is 0 Å². The summed E-state index contributed by atoms with van der Waals surface area (Å²) in [5, 5.41) is 12.0. The molecule has 9 heteroatoms. The van der Waals surface area contributed by atoms with Crippen molar-refractivity contribution in [3.63, 3.8) is 0 Å². The molecule has 3 rings (SSSR count). The van der Waals surface area contributed by atoms with E-state index in [1.807, 2.05) is 20.8 Å². The zero-order valence-electron chi connectivity index (χ0n) is 18.9. The summed E-state index contributed by atoms with van der Waals surface area (Å²) in [5.74, 6) is -2.30. The van der Waals surface area contributed by atoms with E-state index in [0.717, 1.165) is 25.7 Å². The molecule has 0 aromatic rings. The van der Waals surface area contributed by atoms with Gasteiger partial charge in [-0.1, -0.05) is 28.8 Å². The van der Waals surface area contributed by atoms with Gasteiger partial charge in [0, 0.05) is 23.5 Å². The van der Waals surface area contributed by atoms with Gasteiger partial charge in [-0.3, -0.25) is 14.4 Å². The zero-order valence-corrected chi connectivity index (χ0v) is 20.4. The summed E-state index contributed by atoms with van der Waals surface area (Å²) in [6.45, 7) is 8.23. The molecule has 0 aromatic heterocycles. The van der Waals surface area contributed by atoms with Crippen molar-refractivity contribution in [2.45, 2.75) is 87.9 Å². The normalized spacial score (nSPS) is 34.2. The number of esters is 1. The highest BCUT2D eigenvalue weighted by Gasteiger charge is 2.76. The van der Waals surface area contributed by atoms with Gasteiger partial charge in [0.15, 0.2) is 0 Å². The SMILES string of the molecule is CCOC(=O)[C@H]1[C@@H]2O[C@@]3(CC2Br)[C@@H]1C(=O)N(CCCCCCO)[C@@H]3C(=O)NC(C)(C)C. The van der Waals surface area contributed by atoms with Gasteiger partial charge < -0.3 is 24.8 Å². The first-order valence-electron chi connectivity index (χ1n) is 11.3. The third-order valence-electron chi connectivity index (χ3n) is 6.40. The second-order valence-corrected chi connectivity index (χ2v) is 11.0. The van der Waals surface area contributed by atoms with Crippen LogP contribution < -0.4 is 5.32 Å². The Morgan fingerprint density at radius 1 is 1.29 bits per heavy atom. The predicted molar refractivity (Wildman–Crippen MR) is 117 cm³/mol. The second kappa shape index (κ2) is 9.35. The first-order valence-corrected chi connectivity index (χ1v) is 12.2. The monoisotopic (exact) mass is 502 g/mol. The highest BCUT2D eigenvalue weighted by atomic mass is 79.9. The Morgan fingerprint density at radius 3 is 2.58 bits per heavy atom. The fourth-order valence-electron chi connectivity index (χ4n) is 5.36. The molecule has 3 fully saturated rings. The van der Waals surface area contributed by atoms with Crippen molar-refractivity contribution >= 4 is 33.7 Å². The average Bonchev–Trinajstić information content (AvgIpc) is 3.24. The van der Waals surface area contributed by atoms with Crippen molar-refractivity contribution < 1.29 is 29.0 Å². The number of halogens is 1. The molecule has 1 spiro atoms. The number of unbranched alkanes of at least 4 members (excludes halogenated alkanes) is 3. The lowest BCUT2D eigenvalue weighted by atomic mass is 9.70. The van der Waals surface area contributed by atoms with Crippen LogP contribution in [0.2, 0.25) is 0 Å². The molecule has 0 aromatic carbocycles. The molecular formula is C22H35BrN2O6. The maximum absolute atomic E-state index is 13.6. The van der Waals surface area contributed by atoms with Crippen molar-refractivity contribution in [3.8, 4) is 0 Å². The van der Waals surface area contributed by atoms with Crippen molar-refractivity contribution in [1.29, 1.82) is 0 Å². The zero-order chi connectivity index (χ0) is 23.0. The van der Waals surface area contributed by atoms with Crippen LogP contribution in [0.3, 0.4) is 0 Å². The quantitative estimate of drug-likeness (QED) is 0.282. The van der Waals surface area contributed by atoms with Crippen molar-refractivity contribution in [3.05, 3.63) is 0 Å². The van der Waals surface area contributed by atoms with Crippen molar-refractivity contribution in [1.82, 2.24) is 10.2 Å². The van der Waals surface area contributed by atoms with Gasteiger partial charge in [0.25, 0.3) is 0 Å². The van der Waals surface area contributed by atoms with Gasteiger partial charge in [-0.05, 0) is 47.0 Å². The van der Waals surface area contributed by atoms with Crippen LogP contribution in [-0.2, 0) is 23.9 Å². The number of aliphatic hydroxyl groups is 1. The molecule has 2 amide bonds. The van der Waals surface area contributed by atoms with Crippen LogP contribution in [0.5, 0.6) is 0 Å². The van der Waals surface area contributed by atoms with Crippen LogP contribution in [0, 0.1) is 11.8 Å². The van der Waals surface area contributed by atoms with E-state index in [-0.39, 0.29) is 29.9 Å². The number of hydrogen-bond acceptors (Lipinski definition) is 6. The summed E-state index contributed by atoms with van der Waals surface area (Å²) in [7, 11) is 0. The van der Waals surface area contributed by atoms with E-state index in [2.05, 4.69) is 21.2 Å². The first kappa shape index (κ1) is 24.5. The molecule has 176 valence electrons. The van der Waals surface area contributed by atoms with Crippen LogP contribution in [0.4, 0.5) is 0 Å². The number of hydrogen-bond donors (Lipinski definition) is 2. The fraction of sp³-hybridized carbons (Fsp3) is 0.864. The number of rotatable bonds is 9. The number of carbonyl (C=O) groups excluding carboxylic acids is 3. The number of aliphatic hydroxyl groups excluding tert-OH is 1. The summed E-state index contributed by atoms with van der Waals surface area (Å²) >= 11 is 3.63. The summed E-state index contributed by atoms with van der Waals surface area (Å²) < 4.78 is 11.6. The molecular weight excluding hydrogens is 468 g/mol. The van der Waals surface area contributed by atoms with Gasteiger partial charge in [0.2, 0.25) is 11.8 Å². The van der Waals surface area contributed by atoms with Crippen LogP contribution >= 0.6 is 15.9 Å². The number of fused-ring (bicyclic) bond motifs is 1. The highest BCUT2D eigenvalue weighted by Crippen LogP contribution is 2.60. The molecule has 3 aliphatic rings. The van der Waals surface area contributed by atoms with E-state index in [1.54, 1.807) is 11.8 Å². The largest absolute Gasteiger partial charge is 0.466 e. The van der Waals surface area contributed by atoms with Gasteiger partial charge in [0.05, 0.1) is 24.5 Å². The Hall–Kier alpha value is -1.19. The standard InChI is InChI=1S/C22H35BrN2O6/c1-5-30-20(29)14-15-19(28)25(10-8-6-7-9-11-26)17(18(27)24-21(2,3)4)22(15)12-13(23)16(14)31-22/h13-17,26H,5-12H2,1-4H3,(H,24,27)/t13?,14-,15+,16-,17-,22+/m1/s1. The highest BCUT2D eigenvalue weighted by molar-refractivity contribution is 9.09. The van der Waals surface area contributed by atoms with Crippen LogP contribution in [0.1, 0.15) is 59.8 Å². The number of carbonyl (C=O) groups is 3. The fourth-order valence-corrected chi connectivity index (χ4v) is 6.31. The lowest BCUT2D eigenvalue weighted by Crippen LogP contribution is -2.58. The molecule has 2 bridgehead atoms. The molecule has 3 heterocycles. The number of amides is 2. The molecule has 3 saturated heterocycles. The molecule has 1 unspecified atom stereocenters. The van der Waals surface area contributed by atoms with Crippen LogP contribution in [-0.4, -0.2) is 75.7 Å². The van der Waals surface area contributed by atoms with E-state index in [1.165, 1.54) is 0 Å². The first-order chi connectivity index (χ1) is 14.6. The lowest BCUT2D eigenvalue weighted by molar-refractivity contribution is -0.154. The minimum absolute atomic E-state index is 0.125. The van der Waals surface area contributed by atoms with Gasteiger partial charge in [-0.15, -0.1) is 0 Å². The molecule has 2 N–H and O–H groups in total. The Bertz CT molecular complexity index is 711. The van der Waals surface area contributed by atoms with Crippen molar-refractivity contribution in [2.75, 3.05) is 19.8 Å². The predicted octanol–water partition coefficient (Wildman–Crippen LogP) is 1.76. The topological polar surface area (TPSA) is 105 Å². The maximum atomic E-state index is 13.6. The molecule has 0 saturated carbocycles. The van der Waals surface area contributed by atoms with E-state index in [4.69, 9.17) is 14.6 Å². The smallest absolute Gasteiger partial charge is 0.312 e. The lowest BCUT2D eigenvalue weighted by Gasteiger charge is -2.35. The Morgan fingerprint density at radius 2 is 1.97 bits per heavy atom. The van der Waals surface area contributed by atoms with Gasteiger partial charge in [0.1, 0.15) is 11.6 Å². The number of alkyl halides is 1. The van der Waals surface area contributed by atoms with Gasteiger partial charge >= 0.3 is 5.97 Å². The number of ether oxygens (including phenoxy) is 2. The maximum Gasteiger partial charge on any atom is 0.312 e. The molecule has 0 aliphatic carbocycles. The molecule has 6 atom stereocenters. The Labute approximate surface area is 192 Å². The minimum atomic E-state index is -1.03. The molecule has 8 nitrogen and oxygen atoms in total. The number of likely N-dealkylation sites (tertiary alicyclic amines) is 1. The van der Waals surface area contributed by atoms with E-state index in [0.29, 0.717) is 13.0 Å². The number of nitrogens with zero attached hydrogens (tertiary/aromatic N) is 1.